The molecule has 0 saturated heterocycles. The van der Waals surface area contributed by atoms with Crippen LogP contribution in [0.4, 0.5) is 0 Å². The highest BCUT2D eigenvalue weighted by atomic mass is 35.5. The number of hydrogen-bond donors (Lipinski definition) is 1. The average molecular weight is 372 g/mol. The predicted octanol–water partition coefficient (Wildman–Crippen LogP) is 3.67. The fraction of sp³-hybridized carbons (Fsp3) is 0.350. The molecule has 1 atom stereocenters. The maximum atomic E-state index is 12.6. The van der Waals surface area contributed by atoms with Crippen molar-refractivity contribution in [2.45, 2.75) is 39.7 Å². The maximum Gasteiger partial charge on any atom is 0.266 e. The van der Waals surface area contributed by atoms with Crippen molar-refractivity contribution in [1.29, 1.82) is 5.26 Å². The topological polar surface area (TPSA) is 77.0 Å². The minimum Gasteiger partial charge on any atom is -0.339 e. The van der Waals surface area contributed by atoms with E-state index in [1.165, 1.54) is 0 Å². The largest absolute Gasteiger partial charge is 0.339 e. The molecule has 0 aliphatic carbocycles. The lowest BCUT2D eigenvalue weighted by Crippen LogP contribution is -2.30. The Bertz CT molecular complexity index is 910. The van der Waals surface area contributed by atoms with Crippen LogP contribution in [0.15, 0.2) is 29.1 Å². The summed E-state index contributed by atoms with van der Waals surface area (Å²) in [5, 5.41) is 9.80. The van der Waals surface area contributed by atoms with E-state index in [0.29, 0.717) is 29.1 Å². The molecule has 0 bridgehead atoms. The van der Waals surface area contributed by atoms with E-state index in [0.717, 1.165) is 11.1 Å². The van der Waals surface area contributed by atoms with Crippen molar-refractivity contribution in [1.82, 2.24) is 9.88 Å². The van der Waals surface area contributed by atoms with Gasteiger partial charge in [-0.25, -0.2) is 0 Å². The van der Waals surface area contributed by atoms with Gasteiger partial charge in [0.05, 0.1) is 6.04 Å². The lowest BCUT2D eigenvalue weighted by Gasteiger charge is -2.26. The smallest absolute Gasteiger partial charge is 0.266 e. The Hall–Kier alpha value is -2.58. The lowest BCUT2D eigenvalue weighted by molar-refractivity contribution is -0.131. The highest BCUT2D eigenvalue weighted by molar-refractivity contribution is 6.30. The number of pyridine rings is 1. The molecule has 1 unspecified atom stereocenters. The molecule has 1 heterocycles. The van der Waals surface area contributed by atoms with E-state index in [9.17, 15) is 9.59 Å². The van der Waals surface area contributed by atoms with Gasteiger partial charge in [-0.2, -0.15) is 5.26 Å². The normalized spacial score (nSPS) is 11.7. The molecule has 0 aliphatic rings. The number of hydrogen-bond acceptors (Lipinski definition) is 3. The summed E-state index contributed by atoms with van der Waals surface area (Å²) < 4.78 is 0. The first kappa shape index (κ1) is 19.7. The Morgan fingerprint density at radius 3 is 2.50 bits per heavy atom. The Morgan fingerprint density at radius 2 is 1.92 bits per heavy atom. The number of halogens is 1. The first-order valence-electron chi connectivity index (χ1n) is 8.39. The Kier molecular flexibility index (Phi) is 6.23. The summed E-state index contributed by atoms with van der Waals surface area (Å²) in [5.41, 5.74) is 2.94. The molecule has 0 radical (unpaired) electrons. The Labute approximate surface area is 158 Å². The summed E-state index contributed by atoms with van der Waals surface area (Å²) >= 11 is 5.91. The van der Waals surface area contributed by atoms with Gasteiger partial charge in [-0.1, -0.05) is 23.7 Å². The fourth-order valence-corrected chi connectivity index (χ4v) is 3.14. The first-order valence-corrected chi connectivity index (χ1v) is 8.77. The lowest BCUT2D eigenvalue weighted by atomic mass is 9.98. The number of H-pyrrole nitrogens is 1. The molecule has 0 fully saturated rings. The van der Waals surface area contributed by atoms with Crippen LogP contribution >= 0.6 is 11.6 Å². The van der Waals surface area contributed by atoms with E-state index in [-0.39, 0.29) is 23.1 Å². The van der Waals surface area contributed by atoms with Crippen molar-refractivity contribution in [3.05, 3.63) is 67.6 Å². The zero-order valence-electron chi connectivity index (χ0n) is 15.4. The van der Waals surface area contributed by atoms with Crippen molar-refractivity contribution >= 4 is 17.5 Å². The van der Waals surface area contributed by atoms with E-state index in [1.54, 1.807) is 25.8 Å². The van der Waals surface area contributed by atoms with Gasteiger partial charge in [-0.15, -0.1) is 0 Å². The molecule has 1 amide bonds. The van der Waals surface area contributed by atoms with Gasteiger partial charge >= 0.3 is 0 Å². The van der Waals surface area contributed by atoms with Crippen LogP contribution in [-0.2, 0) is 11.2 Å². The number of carbonyl (C=O) groups is 1. The number of nitrogens with zero attached hydrogens (tertiary/aromatic N) is 2. The monoisotopic (exact) mass is 371 g/mol. The molecule has 0 aliphatic heterocycles. The quantitative estimate of drug-likeness (QED) is 0.871. The van der Waals surface area contributed by atoms with Crippen LogP contribution in [-0.4, -0.2) is 22.8 Å². The number of nitriles is 1. The molecule has 1 aromatic carbocycles. The molecule has 136 valence electrons. The molecule has 2 aromatic rings. The third-order valence-corrected chi connectivity index (χ3v) is 5.09. The number of amides is 1. The molecule has 0 saturated carbocycles. The number of benzene rings is 1. The van der Waals surface area contributed by atoms with Crippen molar-refractivity contribution in [3.63, 3.8) is 0 Å². The Balaban J connectivity index is 2.12. The SMILES string of the molecule is Cc1[nH]c(=O)c(C#N)c(C)c1CCC(=O)N(C)C(C)c1ccc(Cl)cc1. The van der Waals surface area contributed by atoms with Gasteiger partial charge < -0.3 is 9.88 Å². The highest BCUT2D eigenvalue weighted by Crippen LogP contribution is 2.22. The van der Waals surface area contributed by atoms with E-state index >= 15 is 0 Å². The summed E-state index contributed by atoms with van der Waals surface area (Å²) in [5.74, 6) is -0.00374. The van der Waals surface area contributed by atoms with Crippen LogP contribution in [0, 0.1) is 25.2 Å². The second-order valence-corrected chi connectivity index (χ2v) is 6.84. The van der Waals surface area contributed by atoms with E-state index < -0.39 is 0 Å². The van der Waals surface area contributed by atoms with Gasteiger partial charge in [0, 0.05) is 24.2 Å². The van der Waals surface area contributed by atoms with Crippen LogP contribution in [0.3, 0.4) is 0 Å². The molecular weight excluding hydrogens is 350 g/mol. The zero-order valence-corrected chi connectivity index (χ0v) is 16.1. The van der Waals surface area contributed by atoms with Crippen molar-refractivity contribution in [2.24, 2.45) is 0 Å². The number of aromatic nitrogens is 1. The van der Waals surface area contributed by atoms with Gasteiger partial charge in [0.2, 0.25) is 5.91 Å². The number of rotatable bonds is 5. The zero-order chi connectivity index (χ0) is 19.4. The second-order valence-electron chi connectivity index (χ2n) is 6.40. The summed E-state index contributed by atoms with van der Waals surface area (Å²) in [4.78, 5) is 28.8. The maximum absolute atomic E-state index is 12.6. The molecular formula is C20H22ClN3O2. The van der Waals surface area contributed by atoms with Crippen molar-refractivity contribution in [3.8, 4) is 6.07 Å². The predicted molar refractivity (Wildman–Crippen MR) is 102 cm³/mol. The van der Waals surface area contributed by atoms with Crippen LogP contribution in [0.1, 0.15) is 47.3 Å². The van der Waals surface area contributed by atoms with Crippen LogP contribution < -0.4 is 5.56 Å². The van der Waals surface area contributed by atoms with Gasteiger partial charge in [0.25, 0.3) is 5.56 Å². The summed E-state index contributed by atoms with van der Waals surface area (Å²) in [6, 6.07) is 9.29. The van der Waals surface area contributed by atoms with Crippen LogP contribution in [0.25, 0.3) is 0 Å². The summed E-state index contributed by atoms with van der Waals surface area (Å²) in [6.45, 7) is 5.50. The highest BCUT2D eigenvalue weighted by Gasteiger charge is 2.19. The van der Waals surface area contributed by atoms with Crippen molar-refractivity contribution in [2.75, 3.05) is 7.05 Å². The standard InChI is InChI=1S/C20H22ClN3O2/c1-12-17(13(2)23-20(26)18(12)11-22)9-10-19(25)24(4)14(3)15-5-7-16(21)8-6-15/h5-8,14H,9-10H2,1-4H3,(H,23,26). The molecule has 1 aromatic heterocycles. The van der Waals surface area contributed by atoms with E-state index in [1.807, 2.05) is 37.3 Å². The average Bonchev–Trinajstić information content (AvgIpc) is 2.60. The minimum absolute atomic E-state index is 0.00374. The second kappa shape index (κ2) is 8.20. The summed E-state index contributed by atoms with van der Waals surface area (Å²) in [6.07, 6.45) is 0.770. The first-order chi connectivity index (χ1) is 12.3. The van der Waals surface area contributed by atoms with E-state index in [2.05, 4.69) is 4.98 Å². The third-order valence-electron chi connectivity index (χ3n) is 4.84. The number of aromatic amines is 1. The number of aryl methyl sites for hydroxylation is 1. The van der Waals surface area contributed by atoms with Crippen molar-refractivity contribution < 1.29 is 4.79 Å². The molecule has 6 heteroatoms. The van der Waals surface area contributed by atoms with Gasteiger partial charge in [0.1, 0.15) is 11.6 Å². The van der Waals surface area contributed by atoms with Crippen LogP contribution in [0.5, 0.6) is 0 Å². The molecule has 26 heavy (non-hydrogen) atoms. The molecule has 5 nitrogen and oxygen atoms in total. The minimum atomic E-state index is -0.383. The molecule has 0 spiro atoms. The number of carbonyl (C=O) groups excluding carboxylic acids is 1. The molecule has 2 rings (SSSR count). The van der Waals surface area contributed by atoms with Crippen LogP contribution in [0.2, 0.25) is 5.02 Å². The van der Waals surface area contributed by atoms with E-state index in [4.69, 9.17) is 16.9 Å². The Morgan fingerprint density at radius 1 is 1.31 bits per heavy atom. The fourth-order valence-electron chi connectivity index (χ4n) is 3.01. The number of nitrogens with one attached hydrogen (secondary N) is 1. The van der Waals surface area contributed by atoms with Gasteiger partial charge in [-0.3, -0.25) is 9.59 Å². The third kappa shape index (κ3) is 4.14. The molecule has 1 N–H and O–H groups in total. The van der Waals surface area contributed by atoms with Gasteiger partial charge in [0.15, 0.2) is 0 Å². The summed E-state index contributed by atoms with van der Waals surface area (Å²) in [7, 11) is 1.77. The van der Waals surface area contributed by atoms with Gasteiger partial charge in [-0.05, 0) is 56.0 Å².